The summed E-state index contributed by atoms with van der Waals surface area (Å²) in [7, 11) is 0. The molecule has 64 valence electrons. The standard InChI is InChI=1S/C8H14INO/c9-5-10-6-1-2-7(10)4-8(11)3-6/h6-8,11H,1-5H2. The van der Waals surface area contributed by atoms with E-state index in [1.54, 1.807) is 0 Å². The van der Waals surface area contributed by atoms with E-state index in [0.717, 1.165) is 17.4 Å². The number of aliphatic hydroxyl groups excluding tert-OH is 1. The Morgan fingerprint density at radius 2 is 1.82 bits per heavy atom. The summed E-state index contributed by atoms with van der Waals surface area (Å²) in [6, 6.07) is 1.39. The van der Waals surface area contributed by atoms with Gasteiger partial charge in [0.05, 0.1) is 10.7 Å². The molecule has 2 fully saturated rings. The Balaban J connectivity index is 2.06. The second-order valence-corrected chi connectivity index (χ2v) is 4.33. The molecule has 0 spiro atoms. The van der Waals surface area contributed by atoms with Crippen LogP contribution in [0.15, 0.2) is 0 Å². The molecule has 0 amide bonds. The van der Waals surface area contributed by atoms with Crippen molar-refractivity contribution in [2.24, 2.45) is 0 Å². The van der Waals surface area contributed by atoms with Crippen molar-refractivity contribution in [1.82, 2.24) is 4.90 Å². The summed E-state index contributed by atoms with van der Waals surface area (Å²) in [5, 5.41) is 9.47. The fourth-order valence-electron chi connectivity index (χ4n) is 2.44. The van der Waals surface area contributed by atoms with Crippen molar-refractivity contribution in [3.63, 3.8) is 0 Å². The second-order valence-electron chi connectivity index (χ2n) is 3.64. The van der Waals surface area contributed by atoms with Crippen LogP contribution in [-0.2, 0) is 0 Å². The lowest BCUT2D eigenvalue weighted by Gasteiger charge is -2.35. The zero-order valence-electron chi connectivity index (χ0n) is 6.54. The maximum Gasteiger partial charge on any atom is 0.0570 e. The van der Waals surface area contributed by atoms with Crippen molar-refractivity contribution >= 4 is 22.6 Å². The van der Waals surface area contributed by atoms with Crippen LogP contribution in [0.2, 0.25) is 0 Å². The normalized spacial score (nSPS) is 44.7. The molecule has 0 saturated carbocycles. The minimum atomic E-state index is -0.00769. The number of nitrogens with zero attached hydrogens (tertiary/aromatic N) is 1. The predicted molar refractivity (Wildman–Crippen MR) is 52.8 cm³/mol. The molecule has 2 aliphatic rings. The highest BCUT2D eigenvalue weighted by atomic mass is 127. The number of rotatable bonds is 1. The molecule has 2 bridgehead atoms. The summed E-state index contributed by atoms with van der Waals surface area (Å²) in [6.45, 7) is 0. The molecule has 2 heterocycles. The predicted octanol–water partition coefficient (Wildman–Crippen LogP) is 1.37. The van der Waals surface area contributed by atoms with Crippen molar-refractivity contribution in [2.45, 2.75) is 43.9 Å². The van der Waals surface area contributed by atoms with Gasteiger partial charge >= 0.3 is 0 Å². The van der Waals surface area contributed by atoms with Gasteiger partial charge in [0.1, 0.15) is 0 Å². The average molecular weight is 267 g/mol. The summed E-state index contributed by atoms with van der Waals surface area (Å²) >= 11 is 2.43. The fourth-order valence-corrected chi connectivity index (χ4v) is 3.55. The van der Waals surface area contributed by atoms with Crippen molar-refractivity contribution in [3.05, 3.63) is 0 Å². The topological polar surface area (TPSA) is 23.5 Å². The highest BCUT2D eigenvalue weighted by Crippen LogP contribution is 2.35. The van der Waals surface area contributed by atoms with Crippen LogP contribution < -0.4 is 0 Å². The van der Waals surface area contributed by atoms with E-state index in [2.05, 4.69) is 27.5 Å². The van der Waals surface area contributed by atoms with Gasteiger partial charge in [0.15, 0.2) is 0 Å². The molecule has 2 aliphatic heterocycles. The SMILES string of the molecule is OC1CC2CCC(C1)N2CI. The zero-order valence-corrected chi connectivity index (χ0v) is 8.70. The summed E-state index contributed by atoms with van der Waals surface area (Å²) < 4.78 is 1.14. The molecule has 2 nitrogen and oxygen atoms in total. The Kier molecular flexibility index (Phi) is 2.39. The molecule has 2 unspecified atom stereocenters. The molecule has 0 aromatic carbocycles. The first-order chi connectivity index (χ1) is 5.31. The van der Waals surface area contributed by atoms with Gasteiger partial charge in [-0.2, -0.15) is 0 Å². The van der Waals surface area contributed by atoms with Crippen LogP contribution in [0, 0.1) is 0 Å². The number of piperidine rings is 1. The Morgan fingerprint density at radius 3 is 2.27 bits per heavy atom. The van der Waals surface area contributed by atoms with Gasteiger partial charge in [0.2, 0.25) is 0 Å². The van der Waals surface area contributed by atoms with Gasteiger partial charge in [-0.15, -0.1) is 0 Å². The van der Waals surface area contributed by atoms with Gasteiger partial charge in [-0.3, -0.25) is 4.90 Å². The third kappa shape index (κ3) is 1.42. The van der Waals surface area contributed by atoms with E-state index in [4.69, 9.17) is 0 Å². The molecule has 2 rings (SSSR count). The van der Waals surface area contributed by atoms with E-state index in [0.29, 0.717) is 12.1 Å². The molecule has 11 heavy (non-hydrogen) atoms. The monoisotopic (exact) mass is 267 g/mol. The minimum Gasteiger partial charge on any atom is -0.393 e. The van der Waals surface area contributed by atoms with Gasteiger partial charge in [0.25, 0.3) is 0 Å². The van der Waals surface area contributed by atoms with E-state index < -0.39 is 0 Å². The Labute approximate surface area is 81.1 Å². The van der Waals surface area contributed by atoms with E-state index in [9.17, 15) is 5.11 Å². The van der Waals surface area contributed by atoms with Crippen LogP contribution in [0.25, 0.3) is 0 Å². The quantitative estimate of drug-likeness (QED) is 0.440. The Morgan fingerprint density at radius 1 is 1.27 bits per heavy atom. The number of aliphatic hydroxyl groups is 1. The summed E-state index contributed by atoms with van der Waals surface area (Å²) in [4.78, 5) is 2.55. The highest BCUT2D eigenvalue weighted by molar-refractivity contribution is 14.1. The molecule has 2 saturated heterocycles. The third-order valence-corrected chi connectivity index (χ3v) is 3.79. The van der Waals surface area contributed by atoms with Crippen LogP contribution in [0.3, 0.4) is 0 Å². The maximum absolute atomic E-state index is 9.47. The molecule has 2 atom stereocenters. The molecule has 1 N–H and O–H groups in total. The molecule has 0 aromatic rings. The highest BCUT2D eigenvalue weighted by Gasteiger charge is 2.39. The van der Waals surface area contributed by atoms with Gasteiger partial charge in [0, 0.05) is 12.1 Å². The summed E-state index contributed by atoms with van der Waals surface area (Å²) in [5.74, 6) is 0. The smallest absolute Gasteiger partial charge is 0.0570 e. The van der Waals surface area contributed by atoms with Gasteiger partial charge in [-0.25, -0.2) is 0 Å². The molecule has 3 heteroatoms. The van der Waals surface area contributed by atoms with Crippen molar-refractivity contribution in [1.29, 1.82) is 0 Å². The lowest BCUT2D eigenvalue weighted by molar-refractivity contribution is 0.0486. The lowest BCUT2D eigenvalue weighted by Crippen LogP contribution is -2.43. The summed E-state index contributed by atoms with van der Waals surface area (Å²) in [5.41, 5.74) is 0. The third-order valence-electron chi connectivity index (χ3n) is 3.00. The number of alkyl halides is 1. The van der Waals surface area contributed by atoms with E-state index in [1.165, 1.54) is 12.8 Å². The van der Waals surface area contributed by atoms with Crippen molar-refractivity contribution in [2.75, 3.05) is 4.55 Å². The zero-order chi connectivity index (χ0) is 7.84. The first-order valence-corrected chi connectivity index (χ1v) is 5.83. The van der Waals surface area contributed by atoms with Crippen molar-refractivity contribution in [3.8, 4) is 0 Å². The van der Waals surface area contributed by atoms with Crippen LogP contribution in [0.5, 0.6) is 0 Å². The number of hydrogen-bond donors (Lipinski definition) is 1. The summed E-state index contributed by atoms with van der Waals surface area (Å²) in [6.07, 6.45) is 4.64. The number of halogens is 1. The van der Waals surface area contributed by atoms with Gasteiger partial charge in [-0.05, 0) is 25.7 Å². The largest absolute Gasteiger partial charge is 0.393 e. The first kappa shape index (κ1) is 8.26. The van der Waals surface area contributed by atoms with Crippen LogP contribution in [0.1, 0.15) is 25.7 Å². The van der Waals surface area contributed by atoms with Crippen LogP contribution >= 0.6 is 22.6 Å². The maximum atomic E-state index is 9.47. The Hall–Kier alpha value is 0.650. The van der Waals surface area contributed by atoms with Crippen LogP contribution in [-0.4, -0.2) is 32.7 Å². The molecule has 0 aromatic heterocycles. The molecular formula is C8H14INO. The number of fused-ring (bicyclic) bond motifs is 2. The van der Waals surface area contributed by atoms with E-state index in [1.807, 2.05) is 0 Å². The second kappa shape index (κ2) is 3.18. The average Bonchev–Trinajstić information content (AvgIpc) is 2.23. The minimum absolute atomic E-state index is 0.00769. The van der Waals surface area contributed by atoms with Gasteiger partial charge < -0.3 is 5.11 Å². The molecule has 0 radical (unpaired) electrons. The Bertz CT molecular complexity index is 139. The van der Waals surface area contributed by atoms with Gasteiger partial charge in [-0.1, -0.05) is 22.6 Å². The lowest BCUT2D eigenvalue weighted by atomic mass is 10.0. The molecule has 0 aliphatic carbocycles. The number of hydrogen-bond acceptors (Lipinski definition) is 2. The van der Waals surface area contributed by atoms with Crippen LogP contribution in [0.4, 0.5) is 0 Å². The van der Waals surface area contributed by atoms with E-state index in [-0.39, 0.29) is 6.10 Å². The van der Waals surface area contributed by atoms with E-state index >= 15 is 0 Å². The first-order valence-electron chi connectivity index (χ1n) is 4.31. The molecular weight excluding hydrogens is 253 g/mol. The van der Waals surface area contributed by atoms with Crippen molar-refractivity contribution < 1.29 is 5.11 Å². The fraction of sp³-hybridized carbons (Fsp3) is 1.00.